The molecule has 0 aromatic heterocycles. The topological polar surface area (TPSA) is 9.23 Å². The minimum absolute atomic E-state index is 0.133. The molecule has 0 amide bonds. The van der Waals surface area contributed by atoms with E-state index in [4.69, 9.17) is 3.07 Å². The van der Waals surface area contributed by atoms with E-state index >= 15 is 0 Å². The third-order valence-corrected chi connectivity index (χ3v) is 3.17. The zero-order valence-corrected chi connectivity index (χ0v) is 6.83. The lowest BCUT2D eigenvalue weighted by atomic mass is 10.3. The van der Waals surface area contributed by atoms with Crippen molar-refractivity contribution in [3.05, 3.63) is 32.6 Å². The van der Waals surface area contributed by atoms with E-state index in [9.17, 15) is 0 Å². The molecule has 0 saturated carbocycles. The Balaban J connectivity index is 2.97. The Morgan fingerprint density at radius 2 is 2.11 bits per heavy atom. The van der Waals surface area contributed by atoms with Crippen molar-refractivity contribution in [3.8, 4) is 0 Å². The van der Waals surface area contributed by atoms with E-state index in [0.29, 0.717) is 0 Å². The Labute approximate surface area is 63.3 Å². The summed E-state index contributed by atoms with van der Waals surface area (Å²) in [7, 11) is 0. The van der Waals surface area contributed by atoms with E-state index < -0.39 is 0 Å². The molecule has 0 atom stereocenters. The highest BCUT2D eigenvalue weighted by Crippen LogP contribution is 2.09. The smallest absolute Gasteiger partial charge is 0.121 e. The van der Waals surface area contributed by atoms with Crippen molar-refractivity contribution in [2.75, 3.05) is 0 Å². The van der Waals surface area contributed by atoms with Gasteiger partial charge in [0.05, 0.1) is 3.15 Å². The van der Waals surface area contributed by atoms with Gasteiger partial charge in [0.1, 0.15) is 27.4 Å². The Hall–Kier alpha value is -0.380. The average molecular weight is 232 g/mol. The predicted molar refractivity (Wildman–Crippen MR) is 44.5 cm³/mol. The van der Waals surface area contributed by atoms with Gasteiger partial charge in [-0.1, -0.05) is 18.2 Å². The van der Waals surface area contributed by atoms with Gasteiger partial charge in [-0.15, -0.1) is 0 Å². The Morgan fingerprint density at radius 1 is 1.22 bits per heavy atom. The van der Waals surface area contributed by atoms with Crippen LogP contribution < -0.4 is 5.22 Å². The fourth-order valence-electron chi connectivity index (χ4n) is 0.759. The van der Waals surface area contributed by atoms with Gasteiger partial charge in [-0.05, 0) is 6.07 Å². The Morgan fingerprint density at radius 3 is 3.00 bits per heavy atom. The van der Waals surface area contributed by atoms with Crippen molar-refractivity contribution in [3.63, 3.8) is 0 Å². The summed E-state index contributed by atoms with van der Waals surface area (Å²) in [5.41, 5.74) is 0. The molecule has 0 N–H and O–H groups in total. The predicted octanol–water partition coefficient (Wildman–Crippen LogP) is 1.59. The lowest BCUT2D eigenvalue weighted by molar-refractivity contribution is 0.712. The second-order valence-corrected chi connectivity index (χ2v) is 3.92. The summed E-state index contributed by atoms with van der Waals surface area (Å²) in [5.74, 6) is 0. The van der Waals surface area contributed by atoms with Crippen molar-refractivity contribution < 1.29 is 3.07 Å². The lowest BCUT2D eigenvalue weighted by Gasteiger charge is -1.75. The minimum Gasteiger partial charge on any atom is -0.442 e. The van der Waals surface area contributed by atoms with Crippen LogP contribution in [0.3, 0.4) is 0 Å². The third kappa shape index (κ3) is 0.871. The average Bonchev–Trinajstić information content (AvgIpc) is 2.33. The maximum absolute atomic E-state index is 5.20. The maximum atomic E-state index is 5.20. The fraction of sp³-hybridized carbons (Fsp3) is 0. The normalized spacial score (nSPS) is 13.8. The third-order valence-electron chi connectivity index (χ3n) is 1.20. The van der Waals surface area contributed by atoms with Crippen LogP contribution in [0.4, 0.5) is 0 Å². The first kappa shape index (κ1) is 5.41. The summed E-state index contributed by atoms with van der Waals surface area (Å²) in [4.78, 5) is 0. The monoisotopic (exact) mass is 232 g/mol. The Bertz CT molecular complexity index is 296. The molecule has 1 aliphatic rings. The maximum Gasteiger partial charge on any atom is 0.121 e. The molecule has 1 aromatic carbocycles. The van der Waals surface area contributed by atoms with Crippen LogP contribution in [-0.4, -0.2) is 0 Å². The number of rotatable bonds is 0. The van der Waals surface area contributed by atoms with Crippen LogP contribution in [0.15, 0.2) is 24.3 Å². The largest absolute Gasteiger partial charge is 0.442 e. The van der Waals surface area contributed by atoms with Crippen LogP contribution in [0, 0.1) is 3.15 Å². The zero-order valence-electron chi connectivity index (χ0n) is 4.67. The summed E-state index contributed by atoms with van der Waals surface area (Å²) >= 11 is -0.133. The van der Waals surface area contributed by atoms with Crippen LogP contribution in [0.5, 0.6) is 0 Å². The molecule has 0 radical (unpaired) electrons. The number of fused-ring (bicyclic) bond motifs is 1. The molecule has 0 spiro atoms. The minimum atomic E-state index is -0.133. The van der Waals surface area contributed by atoms with Crippen LogP contribution in [-0.2, 0) is 3.07 Å². The van der Waals surface area contributed by atoms with Gasteiger partial charge in [0.2, 0.25) is 0 Å². The first-order valence-corrected chi connectivity index (χ1v) is 4.65. The molecule has 46 valence electrons. The van der Waals surface area contributed by atoms with E-state index in [1.165, 1.54) is 8.37 Å². The summed E-state index contributed by atoms with van der Waals surface area (Å²) in [6, 6.07) is 8.31. The molecule has 2 rings (SSSR count). The van der Waals surface area contributed by atoms with Gasteiger partial charge < -0.3 is 3.07 Å². The molecule has 1 aliphatic heterocycles. The highest BCUT2D eigenvalue weighted by atomic mass is 127. The molecule has 1 nitrogen and oxygen atoms in total. The second-order valence-electron chi connectivity index (χ2n) is 1.81. The molecular formula is C7H5IO. The molecular weight excluding hydrogens is 227 g/mol. The highest BCUT2D eigenvalue weighted by Gasteiger charge is 1.90. The van der Waals surface area contributed by atoms with Crippen molar-refractivity contribution in [1.29, 1.82) is 0 Å². The SMILES string of the molecule is C1=c2ccccc2=IO1. The molecule has 1 heterocycles. The van der Waals surface area contributed by atoms with Crippen molar-refractivity contribution in [2.45, 2.75) is 0 Å². The van der Waals surface area contributed by atoms with Gasteiger partial charge in [0.15, 0.2) is 0 Å². The van der Waals surface area contributed by atoms with Crippen LogP contribution in [0.2, 0.25) is 0 Å². The first-order chi connectivity index (χ1) is 4.47. The summed E-state index contributed by atoms with van der Waals surface area (Å²) in [6.07, 6.45) is 1.85. The number of benzene rings is 1. The summed E-state index contributed by atoms with van der Waals surface area (Å²) < 4.78 is 6.60. The first-order valence-electron chi connectivity index (χ1n) is 2.70. The number of halogens is 1. The van der Waals surface area contributed by atoms with E-state index in [2.05, 4.69) is 18.2 Å². The molecule has 9 heavy (non-hydrogen) atoms. The van der Waals surface area contributed by atoms with Crippen molar-refractivity contribution in [1.82, 2.24) is 0 Å². The van der Waals surface area contributed by atoms with E-state index in [1.807, 2.05) is 12.3 Å². The molecule has 0 aliphatic carbocycles. The number of hydrogen-bond acceptors (Lipinski definition) is 1. The van der Waals surface area contributed by atoms with Crippen molar-refractivity contribution >= 4 is 27.4 Å². The van der Waals surface area contributed by atoms with Crippen molar-refractivity contribution in [2.24, 2.45) is 0 Å². The quantitative estimate of drug-likeness (QED) is 0.617. The Kier molecular flexibility index (Phi) is 1.26. The van der Waals surface area contributed by atoms with Gasteiger partial charge in [0.25, 0.3) is 0 Å². The summed E-state index contributed by atoms with van der Waals surface area (Å²) in [6.45, 7) is 0. The summed E-state index contributed by atoms with van der Waals surface area (Å²) in [5, 5.41) is 1.27. The van der Waals surface area contributed by atoms with E-state index in [-0.39, 0.29) is 21.1 Å². The number of hydrogen-bond donors (Lipinski definition) is 0. The second kappa shape index (κ2) is 2.10. The highest BCUT2D eigenvalue weighted by molar-refractivity contribution is 14.1. The van der Waals surface area contributed by atoms with Crippen LogP contribution in [0.25, 0.3) is 6.26 Å². The zero-order chi connectivity index (χ0) is 6.10. The van der Waals surface area contributed by atoms with E-state index in [1.54, 1.807) is 0 Å². The molecule has 2 heteroatoms. The van der Waals surface area contributed by atoms with Gasteiger partial charge in [-0.25, -0.2) is 0 Å². The van der Waals surface area contributed by atoms with Gasteiger partial charge in [-0.3, -0.25) is 0 Å². The molecule has 0 fully saturated rings. The molecule has 0 saturated heterocycles. The van der Waals surface area contributed by atoms with E-state index in [0.717, 1.165) is 0 Å². The molecule has 0 unspecified atom stereocenters. The molecule has 0 bridgehead atoms. The fourth-order valence-corrected chi connectivity index (χ4v) is 2.35. The lowest BCUT2D eigenvalue weighted by Crippen LogP contribution is -1.95. The van der Waals surface area contributed by atoms with Crippen LogP contribution >= 0.6 is 21.1 Å². The molecule has 1 aromatic rings. The van der Waals surface area contributed by atoms with Gasteiger partial charge in [-0.2, -0.15) is 0 Å². The van der Waals surface area contributed by atoms with Gasteiger partial charge in [0, 0.05) is 5.22 Å². The van der Waals surface area contributed by atoms with Crippen LogP contribution in [0.1, 0.15) is 0 Å². The van der Waals surface area contributed by atoms with Gasteiger partial charge >= 0.3 is 0 Å². The standard InChI is InChI=1S/C7H5IO/c1-2-4-7-6(3-1)5-9-8-7/h1-5H.